The second-order valence-electron chi connectivity index (χ2n) is 6.61. The van der Waals surface area contributed by atoms with Gasteiger partial charge in [0.15, 0.2) is 12.2 Å². The molecule has 168 valence electrons. The molecular weight excluding hydrogens is 486 g/mol. The van der Waals surface area contributed by atoms with E-state index in [1.165, 1.54) is 12.1 Å². The summed E-state index contributed by atoms with van der Waals surface area (Å²) in [6, 6.07) is 9.53. The van der Waals surface area contributed by atoms with Gasteiger partial charge < -0.3 is 20.1 Å². The lowest BCUT2D eigenvalue weighted by molar-refractivity contribution is -0.127. The molecule has 2 amide bonds. The van der Waals surface area contributed by atoms with Crippen molar-refractivity contribution >= 4 is 58.2 Å². The Morgan fingerprint density at radius 1 is 0.774 bits per heavy atom. The van der Waals surface area contributed by atoms with E-state index in [2.05, 4.69) is 10.6 Å². The molecule has 0 fully saturated rings. The maximum atomic E-state index is 12.2. The van der Waals surface area contributed by atoms with E-state index in [9.17, 15) is 9.59 Å². The Bertz CT molecular complexity index is 853. The number of benzene rings is 2. The summed E-state index contributed by atoms with van der Waals surface area (Å²) in [7, 11) is 0. The highest BCUT2D eigenvalue weighted by molar-refractivity contribution is 6.36. The molecule has 0 aliphatic carbocycles. The average molecular weight is 508 g/mol. The fraction of sp³-hybridized carbons (Fsp3) is 0.333. The minimum atomic E-state index is -0.745. The second-order valence-corrected chi connectivity index (χ2v) is 8.29. The molecule has 0 saturated carbocycles. The third-order valence-electron chi connectivity index (χ3n) is 4.09. The fourth-order valence-electron chi connectivity index (χ4n) is 2.43. The number of hydrogen-bond donors (Lipinski definition) is 2. The number of hydrogen-bond acceptors (Lipinski definition) is 4. The van der Waals surface area contributed by atoms with Crippen molar-refractivity contribution in [3.63, 3.8) is 0 Å². The van der Waals surface area contributed by atoms with Crippen LogP contribution < -0.4 is 20.1 Å². The van der Waals surface area contributed by atoms with Gasteiger partial charge in [0, 0.05) is 23.1 Å². The molecule has 2 rings (SSSR count). The molecule has 0 saturated heterocycles. The number of amides is 2. The van der Waals surface area contributed by atoms with Crippen LogP contribution in [0.5, 0.6) is 11.5 Å². The Balaban J connectivity index is 1.67. The number of nitrogens with one attached hydrogen (secondary N) is 2. The van der Waals surface area contributed by atoms with E-state index < -0.39 is 12.2 Å². The first-order valence-electron chi connectivity index (χ1n) is 9.46. The quantitative estimate of drug-likeness (QED) is 0.435. The lowest BCUT2D eigenvalue weighted by Crippen LogP contribution is -2.40. The van der Waals surface area contributed by atoms with Crippen molar-refractivity contribution in [3.05, 3.63) is 56.5 Å². The largest absolute Gasteiger partial charge is 0.479 e. The lowest BCUT2D eigenvalue weighted by Gasteiger charge is -2.17. The van der Waals surface area contributed by atoms with Gasteiger partial charge in [-0.2, -0.15) is 0 Å². The first kappa shape index (κ1) is 25.4. The Hall–Kier alpha value is -1.86. The van der Waals surface area contributed by atoms with Gasteiger partial charge in [-0.25, -0.2) is 0 Å². The molecular formula is C21H22Cl4N2O4. The molecule has 6 nitrogen and oxygen atoms in total. The lowest BCUT2D eigenvalue weighted by atomic mass is 10.3. The van der Waals surface area contributed by atoms with Crippen LogP contribution in [0, 0.1) is 0 Å². The van der Waals surface area contributed by atoms with E-state index >= 15 is 0 Å². The van der Waals surface area contributed by atoms with Crippen molar-refractivity contribution in [1.82, 2.24) is 10.6 Å². The summed E-state index contributed by atoms with van der Waals surface area (Å²) in [5.74, 6) is 0.143. The predicted octanol–water partition coefficient (Wildman–Crippen LogP) is 5.16. The molecule has 0 spiro atoms. The second kappa shape index (κ2) is 12.2. The van der Waals surface area contributed by atoms with Crippen LogP contribution in [0.4, 0.5) is 0 Å². The smallest absolute Gasteiger partial charge is 0.260 e. The molecule has 0 aromatic heterocycles. The Kier molecular flexibility index (Phi) is 10.0. The third kappa shape index (κ3) is 8.30. The first-order chi connectivity index (χ1) is 14.7. The Morgan fingerprint density at radius 3 is 1.52 bits per heavy atom. The number of carbonyl (C=O) groups is 2. The van der Waals surface area contributed by atoms with Gasteiger partial charge in [-0.1, -0.05) is 46.4 Å². The van der Waals surface area contributed by atoms with Gasteiger partial charge in [-0.05, 0) is 56.7 Å². The zero-order valence-electron chi connectivity index (χ0n) is 16.9. The first-order valence-corrected chi connectivity index (χ1v) is 11.0. The normalized spacial score (nSPS) is 12.6. The van der Waals surface area contributed by atoms with E-state index in [-0.39, 0.29) is 11.8 Å². The van der Waals surface area contributed by atoms with Crippen LogP contribution >= 0.6 is 46.4 Å². The summed E-state index contributed by atoms with van der Waals surface area (Å²) >= 11 is 23.8. The van der Waals surface area contributed by atoms with Gasteiger partial charge in [0.05, 0.1) is 10.0 Å². The van der Waals surface area contributed by atoms with E-state index in [4.69, 9.17) is 55.9 Å². The Morgan fingerprint density at radius 2 is 1.16 bits per heavy atom. The molecule has 2 N–H and O–H groups in total. The zero-order chi connectivity index (χ0) is 23.0. The molecule has 10 heteroatoms. The number of rotatable bonds is 10. The number of ether oxygens (including phenoxy) is 2. The SMILES string of the molecule is C[C@H](Oc1ccc(Cl)cc1Cl)C(=O)NCCCNC(=O)[C@H](C)Oc1ccc(Cl)cc1Cl. The van der Waals surface area contributed by atoms with Gasteiger partial charge in [0.25, 0.3) is 11.8 Å². The third-order valence-corrected chi connectivity index (χ3v) is 5.15. The molecule has 0 bridgehead atoms. The summed E-state index contributed by atoms with van der Waals surface area (Å²) in [6.07, 6.45) is -0.961. The van der Waals surface area contributed by atoms with Crippen LogP contribution in [0.15, 0.2) is 36.4 Å². The van der Waals surface area contributed by atoms with Crippen LogP contribution in [0.3, 0.4) is 0 Å². The highest BCUT2D eigenvalue weighted by atomic mass is 35.5. The van der Waals surface area contributed by atoms with Crippen LogP contribution in [0.2, 0.25) is 20.1 Å². The van der Waals surface area contributed by atoms with Gasteiger partial charge in [0.1, 0.15) is 11.5 Å². The van der Waals surface area contributed by atoms with Gasteiger partial charge in [0.2, 0.25) is 0 Å². The van der Waals surface area contributed by atoms with Crippen LogP contribution in [-0.4, -0.2) is 37.1 Å². The number of halogens is 4. The van der Waals surface area contributed by atoms with Gasteiger partial charge >= 0.3 is 0 Å². The average Bonchev–Trinajstić information content (AvgIpc) is 2.71. The maximum Gasteiger partial charge on any atom is 0.260 e. The van der Waals surface area contributed by atoms with Crippen molar-refractivity contribution in [3.8, 4) is 11.5 Å². The van der Waals surface area contributed by atoms with Crippen molar-refractivity contribution in [2.45, 2.75) is 32.5 Å². The van der Waals surface area contributed by atoms with E-state index in [0.717, 1.165) is 0 Å². The van der Waals surface area contributed by atoms with Crippen molar-refractivity contribution < 1.29 is 19.1 Å². The molecule has 0 aliphatic heterocycles. The minimum absolute atomic E-state index is 0.300. The summed E-state index contributed by atoms with van der Waals surface area (Å²) in [4.78, 5) is 24.3. The van der Waals surface area contributed by atoms with Crippen LogP contribution in [-0.2, 0) is 9.59 Å². The fourth-order valence-corrected chi connectivity index (χ4v) is 3.33. The maximum absolute atomic E-state index is 12.2. The summed E-state index contributed by atoms with van der Waals surface area (Å²) in [5, 5.41) is 7.10. The summed E-state index contributed by atoms with van der Waals surface area (Å²) in [5.41, 5.74) is 0. The number of carbonyl (C=O) groups excluding carboxylic acids is 2. The van der Waals surface area contributed by atoms with Crippen molar-refractivity contribution in [1.29, 1.82) is 0 Å². The highest BCUT2D eigenvalue weighted by Gasteiger charge is 2.17. The van der Waals surface area contributed by atoms with Crippen LogP contribution in [0.25, 0.3) is 0 Å². The summed E-state index contributed by atoms with van der Waals surface area (Å²) < 4.78 is 11.1. The molecule has 0 unspecified atom stereocenters. The molecule has 0 radical (unpaired) electrons. The van der Waals surface area contributed by atoms with Gasteiger partial charge in [-0.15, -0.1) is 0 Å². The predicted molar refractivity (Wildman–Crippen MR) is 124 cm³/mol. The van der Waals surface area contributed by atoms with Gasteiger partial charge in [-0.3, -0.25) is 9.59 Å². The Labute approximate surface area is 201 Å². The molecule has 2 aromatic rings. The topological polar surface area (TPSA) is 76.7 Å². The summed E-state index contributed by atoms with van der Waals surface area (Å²) in [6.45, 7) is 3.95. The van der Waals surface area contributed by atoms with E-state index in [1.807, 2.05) is 0 Å². The zero-order valence-corrected chi connectivity index (χ0v) is 19.9. The molecule has 2 aromatic carbocycles. The van der Waals surface area contributed by atoms with Crippen molar-refractivity contribution in [2.24, 2.45) is 0 Å². The van der Waals surface area contributed by atoms with Crippen LogP contribution in [0.1, 0.15) is 20.3 Å². The highest BCUT2D eigenvalue weighted by Crippen LogP contribution is 2.29. The van der Waals surface area contributed by atoms with Crippen molar-refractivity contribution in [2.75, 3.05) is 13.1 Å². The molecule has 0 heterocycles. The molecule has 0 aliphatic rings. The standard InChI is InChI=1S/C21H22Cl4N2O4/c1-12(30-18-6-4-14(22)10-16(18)24)20(28)26-8-3-9-27-21(29)13(2)31-19-7-5-15(23)11-17(19)25/h4-7,10-13H,3,8-9H2,1-2H3,(H,26,28)(H,27,29)/t12-,13-/m0/s1. The van der Waals surface area contributed by atoms with E-state index in [0.29, 0.717) is 51.1 Å². The van der Waals surface area contributed by atoms with E-state index in [1.54, 1.807) is 38.1 Å². The molecule has 2 atom stereocenters. The molecule has 31 heavy (non-hydrogen) atoms. The monoisotopic (exact) mass is 506 g/mol. The minimum Gasteiger partial charge on any atom is -0.479 e.